The van der Waals surface area contributed by atoms with E-state index < -0.39 is 0 Å². The SMILES string of the molecule is Cc1nc(NC2CCCCC2)cc(NC(C)c2ccccc2)n1. The molecule has 2 aromatic rings. The third-order valence-electron chi connectivity index (χ3n) is 4.46. The molecule has 1 heterocycles. The second-order valence-electron chi connectivity index (χ2n) is 6.44. The summed E-state index contributed by atoms with van der Waals surface area (Å²) in [6.45, 7) is 4.10. The fraction of sp³-hybridized carbons (Fsp3) is 0.474. The molecule has 2 N–H and O–H groups in total. The standard InChI is InChI=1S/C19H26N4/c1-14(16-9-5-3-6-10-16)20-18-13-19(22-15(2)21-18)23-17-11-7-4-8-12-17/h3,5-6,9-10,13-14,17H,4,7-8,11-12H2,1-2H3,(H2,20,21,22,23). The van der Waals surface area contributed by atoms with Gasteiger partial charge in [0.15, 0.2) is 0 Å². The van der Waals surface area contributed by atoms with Gasteiger partial charge in [-0.3, -0.25) is 0 Å². The summed E-state index contributed by atoms with van der Waals surface area (Å²) in [4.78, 5) is 9.08. The molecule has 1 unspecified atom stereocenters. The van der Waals surface area contributed by atoms with Crippen LogP contribution in [0.25, 0.3) is 0 Å². The molecule has 0 bridgehead atoms. The quantitative estimate of drug-likeness (QED) is 0.840. The van der Waals surface area contributed by atoms with Crippen LogP contribution in [0.5, 0.6) is 0 Å². The Morgan fingerprint density at radius 2 is 1.70 bits per heavy atom. The van der Waals surface area contributed by atoms with Gasteiger partial charge in [-0.15, -0.1) is 0 Å². The Morgan fingerprint density at radius 1 is 1.00 bits per heavy atom. The summed E-state index contributed by atoms with van der Waals surface area (Å²) in [7, 11) is 0. The minimum atomic E-state index is 0.216. The molecule has 1 aliphatic rings. The van der Waals surface area contributed by atoms with Crippen LogP contribution in [0.3, 0.4) is 0 Å². The Balaban J connectivity index is 1.69. The Hall–Kier alpha value is -2.10. The van der Waals surface area contributed by atoms with E-state index in [0.717, 1.165) is 17.5 Å². The van der Waals surface area contributed by atoms with Crippen LogP contribution in [0, 0.1) is 6.92 Å². The van der Waals surface area contributed by atoms with E-state index in [-0.39, 0.29) is 6.04 Å². The highest BCUT2D eigenvalue weighted by atomic mass is 15.1. The zero-order valence-corrected chi connectivity index (χ0v) is 14.0. The third-order valence-corrected chi connectivity index (χ3v) is 4.46. The van der Waals surface area contributed by atoms with Crippen molar-refractivity contribution in [2.45, 2.75) is 58.0 Å². The van der Waals surface area contributed by atoms with Crippen LogP contribution >= 0.6 is 0 Å². The molecule has 0 aliphatic heterocycles. The van der Waals surface area contributed by atoms with Crippen molar-refractivity contribution in [3.8, 4) is 0 Å². The monoisotopic (exact) mass is 310 g/mol. The predicted octanol–water partition coefficient (Wildman–Crippen LogP) is 4.70. The van der Waals surface area contributed by atoms with Gasteiger partial charge in [0.05, 0.1) is 0 Å². The van der Waals surface area contributed by atoms with Gasteiger partial charge in [-0.2, -0.15) is 0 Å². The van der Waals surface area contributed by atoms with Crippen LogP contribution in [0.1, 0.15) is 56.5 Å². The smallest absolute Gasteiger partial charge is 0.132 e. The molecular weight excluding hydrogens is 284 g/mol. The molecule has 4 nitrogen and oxygen atoms in total. The van der Waals surface area contributed by atoms with E-state index in [0.29, 0.717) is 6.04 Å². The molecule has 23 heavy (non-hydrogen) atoms. The fourth-order valence-corrected chi connectivity index (χ4v) is 3.22. The highest BCUT2D eigenvalue weighted by Gasteiger charge is 2.14. The number of anilines is 2. The Bertz CT molecular complexity index is 621. The topological polar surface area (TPSA) is 49.8 Å². The number of aromatic nitrogens is 2. The van der Waals surface area contributed by atoms with Crippen LogP contribution in [-0.2, 0) is 0 Å². The zero-order chi connectivity index (χ0) is 16.1. The first kappa shape index (κ1) is 15.8. The van der Waals surface area contributed by atoms with Gasteiger partial charge in [0, 0.05) is 18.2 Å². The van der Waals surface area contributed by atoms with E-state index in [9.17, 15) is 0 Å². The van der Waals surface area contributed by atoms with Crippen LogP contribution < -0.4 is 10.6 Å². The summed E-state index contributed by atoms with van der Waals surface area (Å²) in [5.74, 6) is 2.62. The third kappa shape index (κ3) is 4.44. The molecule has 4 heteroatoms. The van der Waals surface area contributed by atoms with Crippen molar-refractivity contribution in [3.63, 3.8) is 0 Å². The Kier molecular flexibility index (Phi) is 5.11. The van der Waals surface area contributed by atoms with Crippen molar-refractivity contribution in [1.82, 2.24) is 9.97 Å². The maximum absolute atomic E-state index is 4.55. The van der Waals surface area contributed by atoms with Crippen LogP contribution in [0.4, 0.5) is 11.6 Å². The van der Waals surface area contributed by atoms with E-state index in [2.05, 4.69) is 51.8 Å². The fourth-order valence-electron chi connectivity index (χ4n) is 3.22. The molecule has 1 aliphatic carbocycles. The van der Waals surface area contributed by atoms with Crippen molar-refractivity contribution in [2.24, 2.45) is 0 Å². The Morgan fingerprint density at radius 3 is 2.43 bits per heavy atom. The summed E-state index contributed by atoms with van der Waals surface area (Å²) in [5.41, 5.74) is 1.26. The van der Waals surface area contributed by atoms with Gasteiger partial charge < -0.3 is 10.6 Å². The first-order valence-electron chi connectivity index (χ1n) is 8.64. The second kappa shape index (κ2) is 7.44. The van der Waals surface area contributed by atoms with Gasteiger partial charge in [-0.05, 0) is 32.3 Å². The molecule has 0 spiro atoms. The van der Waals surface area contributed by atoms with Crippen molar-refractivity contribution < 1.29 is 0 Å². The van der Waals surface area contributed by atoms with Crippen LogP contribution in [0.15, 0.2) is 36.4 Å². The van der Waals surface area contributed by atoms with Crippen molar-refractivity contribution >= 4 is 11.6 Å². The molecule has 1 fully saturated rings. The number of rotatable bonds is 5. The molecule has 0 radical (unpaired) electrons. The molecular formula is C19H26N4. The number of hydrogen-bond donors (Lipinski definition) is 2. The molecule has 0 amide bonds. The average Bonchev–Trinajstić information content (AvgIpc) is 2.56. The van der Waals surface area contributed by atoms with Gasteiger partial charge in [0.2, 0.25) is 0 Å². The van der Waals surface area contributed by atoms with E-state index in [1.807, 2.05) is 19.1 Å². The molecule has 1 atom stereocenters. The molecule has 0 saturated heterocycles. The maximum atomic E-state index is 4.55. The molecule has 1 saturated carbocycles. The number of nitrogens with zero attached hydrogens (tertiary/aromatic N) is 2. The molecule has 1 aromatic carbocycles. The second-order valence-corrected chi connectivity index (χ2v) is 6.44. The average molecular weight is 310 g/mol. The zero-order valence-electron chi connectivity index (χ0n) is 14.0. The summed E-state index contributed by atoms with van der Waals surface area (Å²) in [6.07, 6.45) is 6.48. The van der Waals surface area contributed by atoms with Crippen LogP contribution in [-0.4, -0.2) is 16.0 Å². The minimum Gasteiger partial charge on any atom is -0.367 e. The maximum Gasteiger partial charge on any atom is 0.132 e. The van der Waals surface area contributed by atoms with E-state index in [1.165, 1.54) is 37.7 Å². The van der Waals surface area contributed by atoms with E-state index in [1.54, 1.807) is 0 Å². The van der Waals surface area contributed by atoms with Gasteiger partial charge in [-0.25, -0.2) is 9.97 Å². The number of nitrogens with one attached hydrogen (secondary N) is 2. The van der Waals surface area contributed by atoms with Crippen molar-refractivity contribution in [3.05, 3.63) is 47.8 Å². The number of benzene rings is 1. The summed E-state index contributed by atoms with van der Waals surface area (Å²) >= 11 is 0. The summed E-state index contributed by atoms with van der Waals surface area (Å²) in [5, 5.41) is 7.07. The predicted molar refractivity (Wildman–Crippen MR) is 95.7 cm³/mol. The number of hydrogen-bond acceptors (Lipinski definition) is 4. The molecule has 1 aromatic heterocycles. The Labute approximate surface area is 138 Å². The highest BCUT2D eigenvalue weighted by Crippen LogP contribution is 2.23. The largest absolute Gasteiger partial charge is 0.367 e. The van der Waals surface area contributed by atoms with Crippen LogP contribution in [0.2, 0.25) is 0 Å². The van der Waals surface area contributed by atoms with Crippen molar-refractivity contribution in [1.29, 1.82) is 0 Å². The first-order valence-corrected chi connectivity index (χ1v) is 8.64. The minimum absolute atomic E-state index is 0.216. The lowest BCUT2D eigenvalue weighted by Gasteiger charge is -2.24. The van der Waals surface area contributed by atoms with E-state index >= 15 is 0 Å². The van der Waals surface area contributed by atoms with Gasteiger partial charge >= 0.3 is 0 Å². The molecule has 3 rings (SSSR count). The van der Waals surface area contributed by atoms with Gasteiger partial charge in [0.25, 0.3) is 0 Å². The normalized spacial score (nSPS) is 16.8. The van der Waals surface area contributed by atoms with Gasteiger partial charge in [-0.1, -0.05) is 49.6 Å². The van der Waals surface area contributed by atoms with Gasteiger partial charge in [0.1, 0.15) is 17.5 Å². The lowest BCUT2D eigenvalue weighted by Crippen LogP contribution is -2.23. The molecule has 122 valence electrons. The lowest BCUT2D eigenvalue weighted by molar-refractivity contribution is 0.461. The lowest BCUT2D eigenvalue weighted by atomic mass is 9.95. The first-order chi connectivity index (χ1) is 11.2. The summed E-state index contributed by atoms with van der Waals surface area (Å²) < 4.78 is 0. The summed E-state index contributed by atoms with van der Waals surface area (Å²) in [6, 6.07) is 13.2. The highest BCUT2D eigenvalue weighted by molar-refractivity contribution is 5.49. The van der Waals surface area contributed by atoms with E-state index in [4.69, 9.17) is 0 Å². The van der Waals surface area contributed by atoms with Crippen molar-refractivity contribution in [2.75, 3.05) is 10.6 Å². The number of aryl methyl sites for hydroxylation is 1.